The maximum Gasteiger partial charge on any atom is 0.417 e. The van der Waals surface area contributed by atoms with Crippen molar-refractivity contribution in [3.63, 3.8) is 0 Å². The fraction of sp³-hybridized carbons (Fsp3) is 0.0667. The molecule has 0 aliphatic carbocycles. The molecule has 0 spiro atoms. The standard InChI is InChI=1S/C15H10ClF3N2O/c16-11-6-7-13(20-9-11)21-14(22)8-12(15(17,18)19)10-4-2-1-3-5-10/h1-9H,(H,20,21,22)/b12-8+. The smallest absolute Gasteiger partial charge is 0.307 e. The Hall–Kier alpha value is -2.34. The highest BCUT2D eigenvalue weighted by atomic mass is 35.5. The molecule has 1 heterocycles. The molecule has 0 saturated heterocycles. The lowest BCUT2D eigenvalue weighted by molar-refractivity contribution is -0.112. The fourth-order valence-corrected chi connectivity index (χ4v) is 1.80. The number of nitrogens with one attached hydrogen (secondary N) is 1. The minimum atomic E-state index is -4.65. The molecule has 1 aromatic heterocycles. The van der Waals surface area contributed by atoms with Gasteiger partial charge >= 0.3 is 6.18 Å². The molecule has 0 radical (unpaired) electrons. The number of carbonyl (C=O) groups excluding carboxylic acids is 1. The van der Waals surface area contributed by atoms with Gasteiger partial charge in [-0.3, -0.25) is 4.79 Å². The van der Waals surface area contributed by atoms with Crippen LogP contribution in [0.4, 0.5) is 19.0 Å². The molecular formula is C15H10ClF3N2O. The molecule has 0 unspecified atom stereocenters. The van der Waals surface area contributed by atoms with Crippen molar-refractivity contribution in [2.45, 2.75) is 6.18 Å². The summed E-state index contributed by atoms with van der Waals surface area (Å²) in [6.07, 6.45) is -2.86. The summed E-state index contributed by atoms with van der Waals surface area (Å²) in [6.45, 7) is 0. The van der Waals surface area contributed by atoms with E-state index in [0.717, 1.165) is 0 Å². The zero-order valence-corrected chi connectivity index (χ0v) is 11.8. The summed E-state index contributed by atoms with van der Waals surface area (Å²) in [7, 11) is 0. The average Bonchev–Trinajstić information content (AvgIpc) is 2.47. The number of aromatic nitrogens is 1. The maximum absolute atomic E-state index is 13.1. The Morgan fingerprint density at radius 1 is 1.14 bits per heavy atom. The lowest BCUT2D eigenvalue weighted by Crippen LogP contribution is -2.16. The van der Waals surface area contributed by atoms with Crippen LogP contribution in [0, 0.1) is 0 Å². The van der Waals surface area contributed by atoms with Crippen LogP contribution in [0.25, 0.3) is 5.57 Å². The Bertz CT molecular complexity index is 682. The van der Waals surface area contributed by atoms with Crippen molar-refractivity contribution in [1.29, 1.82) is 0 Å². The molecule has 114 valence electrons. The summed E-state index contributed by atoms with van der Waals surface area (Å²) < 4.78 is 39.2. The molecule has 1 N–H and O–H groups in total. The number of nitrogens with zero attached hydrogens (tertiary/aromatic N) is 1. The average molecular weight is 327 g/mol. The van der Waals surface area contributed by atoms with Crippen LogP contribution >= 0.6 is 11.6 Å². The van der Waals surface area contributed by atoms with Crippen LogP contribution in [0.5, 0.6) is 0 Å². The van der Waals surface area contributed by atoms with Crippen molar-refractivity contribution < 1.29 is 18.0 Å². The van der Waals surface area contributed by atoms with E-state index in [0.29, 0.717) is 11.1 Å². The van der Waals surface area contributed by atoms with E-state index in [4.69, 9.17) is 11.6 Å². The van der Waals surface area contributed by atoms with Crippen molar-refractivity contribution in [2.24, 2.45) is 0 Å². The van der Waals surface area contributed by atoms with Crippen molar-refractivity contribution >= 4 is 28.9 Å². The molecule has 0 aliphatic rings. The van der Waals surface area contributed by atoms with Gasteiger partial charge in [-0.2, -0.15) is 13.2 Å². The van der Waals surface area contributed by atoms with E-state index in [-0.39, 0.29) is 11.4 Å². The number of halogens is 4. The first-order valence-corrected chi connectivity index (χ1v) is 6.51. The lowest BCUT2D eigenvalue weighted by atomic mass is 10.1. The van der Waals surface area contributed by atoms with Crippen LogP contribution in [0.3, 0.4) is 0 Å². The van der Waals surface area contributed by atoms with E-state index in [9.17, 15) is 18.0 Å². The highest BCUT2D eigenvalue weighted by Gasteiger charge is 2.35. The van der Waals surface area contributed by atoms with Crippen LogP contribution < -0.4 is 5.32 Å². The Morgan fingerprint density at radius 3 is 2.36 bits per heavy atom. The number of hydrogen-bond donors (Lipinski definition) is 1. The molecule has 0 atom stereocenters. The number of rotatable bonds is 3. The van der Waals surface area contributed by atoms with Gasteiger partial charge in [-0.25, -0.2) is 4.98 Å². The first-order valence-electron chi connectivity index (χ1n) is 6.13. The summed E-state index contributed by atoms with van der Waals surface area (Å²) in [5.74, 6) is -0.814. The number of allylic oxidation sites excluding steroid dienone is 1. The second-order valence-electron chi connectivity index (χ2n) is 4.27. The zero-order valence-electron chi connectivity index (χ0n) is 11.1. The van der Waals surface area contributed by atoms with Gasteiger partial charge in [-0.05, 0) is 17.7 Å². The maximum atomic E-state index is 13.1. The third-order valence-corrected chi connectivity index (χ3v) is 2.87. The van der Waals surface area contributed by atoms with Gasteiger partial charge in [0, 0.05) is 12.3 Å². The number of hydrogen-bond acceptors (Lipinski definition) is 2. The molecule has 2 rings (SSSR count). The lowest BCUT2D eigenvalue weighted by Gasteiger charge is -2.12. The minimum absolute atomic E-state index is 0.0887. The van der Waals surface area contributed by atoms with Crippen molar-refractivity contribution in [1.82, 2.24) is 4.98 Å². The first kappa shape index (κ1) is 16.0. The topological polar surface area (TPSA) is 42.0 Å². The van der Waals surface area contributed by atoms with E-state index in [1.807, 2.05) is 0 Å². The summed E-state index contributed by atoms with van der Waals surface area (Å²) in [5, 5.41) is 2.61. The Labute approximate surface area is 129 Å². The molecule has 1 aromatic carbocycles. The van der Waals surface area contributed by atoms with Gasteiger partial charge in [0.15, 0.2) is 0 Å². The van der Waals surface area contributed by atoms with Gasteiger partial charge < -0.3 is 5.32 Å². The highest BCUT2D eigenvalue weighted by molar-refractivity contribution is 6.30. The van der Waals surface area contributed by atoms with Gasteiger partial charge in [-0.1, -0.05) is 41.9 Å². The molecule has 1 amide bonds. The monoisotopic (exact) mass is 326 g/mol. The second-order valence-corrected chi connectivity index (χ2v) is 4.71. The van der Waals surface area contributed by atoms with E-state index in [1.165, 1.54) is 42.6 Å². The summed E-state index contributed by atoms with van der Waals surface area (Å²) in [6, 6.07) is 9.95. The number of pyridine rings is 1. The first-order chi connectivity index (χ1) is 10.4. The molecule has 0 bridgehead atoms. The second kappa shape index (κ2) is 6.62. The summed E-state index contributed by atoms with van der Waals surface area (Å²) in [5.41, 5.74) is -1.12. The SMILES string of the molecule is O=C(/C=C(\c1ccccc1)C(F)(F)F)Nc1ccc(Cl)cn1. The predicted molar refractivity (Wildman–Crippen MR) is 78.4 cm³/mol. The highest BCUT2D eigenvalue weighted by Crippen LogP contribution is 2.33. The van der Waals surface area contributed by atoms with Gasteiger partial charge in [0.1, 0.15) is 5.82 Å². The molecule has 7 heteroatoms. The number of alkyl halides is 3. The molecule has 2 aromatic rings. The van der Waals surface area contributed by atoms with Crippen molar-refractivity contribution in [2.75, 3.05) is 5.32 Å². The Morgan fingerprint density at radius 2 is 1.82 bits per heavy atom. The third-order valence-electron chi connectivity index (χ3n) is 2.64. The van der Waals surface area contributed by atoms with Crippen LogP contribution in [-0.2, 0) is 4.79 Å². The quantitative estimate of drug-likeness (QED) is 0.853. The van der Waals surface area contributed by atoms with E-state index >= 15 is 0 Å². The van der Waals surface area contributed by atoms with Gasteiger partial charge in [-0.15, -0.1) is 0 Å². The third kappa shape index (κ3) is 4.33. The number of benzene rings is 1. The van der Waals surface area contributed by atoms with Gasteiger partial charge in [0.05, 0.1) is 10.6 Å². The van der Waals surface area contributed by atoms with Crippen molar-refractivity contribution in [3.8, 4) is 0 Å². The van der Waals surface area contributed by atoms with Crippen LogP contribution in [-0.4, -0.2) is 17.1 Å². The molecule has 22 heavy (non-hydrogen) atoms. The van der Waals surface area contributed by atoms with Gasteiger partial charge in [0.25, 0.3) is 0 Å². The largest absolute Gasteiger partial charge is 0.417 e. The molecule has 0 aliphatic heterocycles. The molecule has 0 fully saturated rings. The van der Waals surface area contributed by atoms with Crippen LogP contribution in [0.2, 0.25) is 5.02 Å². The number of amides is 1. The predicted octanol–water partition coefficient (Wildman–Crippen LogP) is 4.32. The Balaban J connectivity index is 2.26. The Kier molecular flexibility index (Phi) is 4.82. The summed E-state index contributed by atoms with van der Waals surface area (Å²) in [4.78, 5) is 15.6. The molecule has 3 nitrogen and oxygen atoms in total. The summed E-state index contributed by atoms with van der Waals surface area (Å²) >= 11 is 5.64. The van der Waals surface area contributed by atoms with E-state index in [1.54, 1.807) is 6.07 Å². The van der Waals surface area contributed by atoms with Crippen molar-refractivity contribution in [3.05, 3.63) is 65.3 Å². The van der Waals surface area contributed by atoms with Gasteiger partial charge in [0.2, 0.25) is 5.91 Å². The van der Waals surface area contributed by atoms with Crippen LogP contribution in [0.15, 0.2) is 54.7 Å². The fourth-order valence-electron chi connectivity index (χ4n) is 1.69. The number of anilines is 1. The van der Waals surface area contributed by atoms with Crippen LogP contribution in [0.1, 0.15) is 5.56 Å². The normalized spacial score (nSPS) is 12.1. The van der Waals surface area contributed by atoms with E-state index < -0.39 is 17.7 Å². The zero-order chi connectivity index (χ0) is 16.2. The molecular weight excluding hydrogens is 317 g/mol. The number of carbonyl (C=O) groups is 1. The van der Waals surface area contributed by atoms with E-state index in [2.05, 4.69) is 10.3 Å². The minimum Gasteiger partial charge on any atom is -0.307 e. The molecule has 0 saturated carbocycles.